The van der Waals surface area contributed by atoms with Crippen molar-refractivity contribution in [2.75, 3.05) is 13.2 Å². The van der Waals surface area contributed by atoms with Gasteiger partial charge in [-0.2, -0.15) is 0 Å². The second-order valence-corrected chi connectivity index (χ2v) is 14.3. The number of fused-ring (bicyclic) bond motifs is 1. The number of ketones is 1. The summed E-state index contributed by atoms with van der Waals surface area (Å²) in [4.78, 5) is 80.3. The molecule has 5 atom stereocenters. The third-order valence-corrected chi connectivity index (χ3v) is 8.37. The predicted octanol–water partition coefficient (Wildman–Crippen LogP) is 3.64. The molecule has 0 radical (unpaired) electrons. The molecular weight excluding hydrogens is 644 g/mol. The molecule has 276 valence electrons. The molecule has 0 spiro atoms. The molecule has 13 nitrogen and oxygen atoms in total. The van der Waals surface area contributed by atoms with Crippen molar-refractivity contribution < 1.29 is 43.3 Å². The number of hydrogen-bond acceptors (Lipinski definition) is 9. The van der Waals surface area contributed by atoms with Crippen LogP contribution in [0.1, 0.15) is 104 Å². The number of hydrogen-bond donors (Lipinski definition) is 4. The topological polar surface area (TPSA) is 180 Å². The molecule has 1 aromatic rings. The Kier molecular flexibility index (Phi) is 15.4. The van der Waals surface area contributed by atoms with E-state index < -0.39 is 71.4 Å². The minimum Gasteiger partial charge on any atom is -0.458 e. The number of benzene rings is 1. The van der Waals surface area contributed by atoms with Crippen molar-refractivity contribution in [3.05, 3.63) is 48.0 Å². The van der Waals surface area contributed by atoms with Crippen LogP contribution in [0.5, 0.6) is 0 Å². The van der Waals surface area contributed by atoms with Gasteiger partial charge in [0, 0.05) is 19.4 Å². The van der Waals surface area contributed by atoms with Crippen LogP contribution in [-0.2, 0) is 33.4 Å². The highest BCUT2D eigenvalue weighted by Crippen LogP contribution is 2.22. The molecule has 2 heterocycles. The van der Waals surface area contributed by atoms with Gasteiger partial charge in [0.1, 0.15) is 23.8 Å². The van der Waals surface area contributed by atoms with Gasteiger partial charge in [-0.1, -0.05) is 56.3 Å². The molecule has 0 bridgehead atoms. The first kappa shape index (κ1) is 40.2. The largest absolute Gasteiger partial charge is 0.458 e. The highest BCUT2D eigenvalue weighted by atomic mass is 16.6. The lowest BCUT2D eigenvalue weighted by Crippen LogP contribution is -2.56. The Morgan fingerprint density at radius 2 is 1.68 bits per heavy atom. The van der Waals surface area contributed by atoms with Crippen molar-refractivity contribution in [1.82, 2.24) is 20.9 Å². The van der Waals surface area contributed by atoms with Crippen LogP contribution >= 0.6 is 0 Å². The Balaban J connectivity index is 1.67. The summed E-state index contributed by atoms with van der Waals surface area (Å²) in [6.07, 6.45) is 4.16. The average molecular weight is 699 g/mol. The van der Waals surface area contributed by atoms with Crippen LogP contribution in [0.15, 0.2) is 42.5 Å². The van der Waals surface area contributed by atoms with Gasteiger partial charge in [0.15, 0.2) is 11.8 Å². The fraction of sp³-hybridized carbons (Fsp3) is 0.622. The molecule has 0 aromatic heterocycles. The van der Waals surface area contributed by atoms with Crippen molar-refractivity contribution >= 4 is 35.6 Å². The second kappa shape index (κ2) is 19.2. The van der Waals surface area contributed by atoms with E-state index in [0.29, 0.717) is 50.6 Å². The summed E-state index contributed by atoms with van der Waals surface area (Å²) in [5.41, 5.74) is -0.269. The van der Waals surface area contributed by atoms with Crippen LogP contribution in [0, 0.1) is 5.92 Å². The molecule has 0 aliphatic carbocycles. The molecule has 2 aliphatic rings. The maximum atomic E-state index is 13.6. The normalized spacial score (nSPS) is 22.3. The summed E-state index contributed by atoms with van der Waals surface area (Å²) in [7, 11) is 0. The number of alkyl carbamates (subject to hydrolysis) is 1. The minimum absolute atomic E-state index is 0.124. The maximum absolute atomic E-state index is 13.6. The predicted molar refractivity (Wildman–Crippen MR) is 185 cm³/mol. The quantitative estimate of drug-likeness (QED) is 0.198. The summed E-state index contributed by atoms with van der Waals surface area (Å²) in [5, 5.41) is 19.3. The zero-order valence-corrected chi connectivity index (χ0v) is 29.9. The molecule has 50 heavy (non-hydrogen) atoms. The lowest BCUT2D eigenvalue weighted by Gasteiger charge is -2.31. The summed E-state index contributed by atoms with van der Waals surface area (Å²) in [6, 6.07) is 4.85. The summed E-state index contributed by atoms with van der Waals surface area (Å²) >= 11 is 0. The molecule has 1 fully saturated rings. The summed E-state index contributed by atoms with van der Waals surface area (Å²) < 4.78 is 10.7. The Hall–Kier alpha value is -4.26. The molecule has 2 aliphatic heterocycles. The number of rotatable bonds is 11. The van der Waals surface area contributed by atoms with Gasteiger partial charge in [-0.3, -0.25) is 19.2 Å². The number of Topliss-reactive ketones (excluding diaryl/α,β-unsaturated/α-hetero) is 1. The summed E-state index contributed by atoms with van der Waals surface area (Å²) in [5.74, 6) is -2.64. The number of aliphatic hydroxyl groups is 1. The molecule has 4 N–H and O–H groups in total. The standard InChI is InChI=1S/C37H54N4O9/c1-24(2)23-49-36(48)39-27-18-13-8-6-7-12-17-26(38-33(45)28-19-14-22-41(28)34(27)46)32(44)29(42)20-21-30(43)40-31(25-15-10-9-11-16-25)35(47)50-37(3,4)5/h6,8-11,15-16,24,26-28,31-32,44H,7,12-14,17-23H2,1-5H3,(H,38,45)(H,39,48)(H,40,43)/b8-6-/t26-,27-,28-,31-,32?/m0/s1. The fourth-order valence-electron chi connectivity index (χ4n) is 5.86. The van der Waals surface area contributed by atoms with Crippen LogP contribution in [0.2, 0.25) is 0 Å². The van der Waals surface area contributed by atoms with E-state index in [1.165, 1.54) is 4.90 Å². The van der Waals surface area contributed by atoms with Crippen LogP contribution in [0.4, 0.5) is 4.79 Å². The Morgan fingerprint density at radius 1 is 0.980 bits per heavy atom. The third kappa shape index (κ3) is 12.9. The lowest BCUT2D eigenvalue weighted by molar-refractivity contribution is -0.159. The lowest BCUT2D eigenvalue weighted by atomic mass is 9.97. The van der Waals surface area contributed by atoms with Gasteiger partial charge in [0.05, 0.1) is 12.6 Å². The number of carbonyl (C=O) groups excluding carboxylic acids is 6. The Bertz CT molecular complexity index is 1360. The van der Waals surface area contributed by atoms with Crippen LogP contribution < -0.4 is 16.0 Å². The van der Waals surface area contributed by atoms with Crippen LogP contribution in [-0.4, -0.2) is 88.6 Å². The molecule has 3 rings (SSSR count). The first-order valence-electron chi connectivity index (χ1n) is 17.6. The van der Waals surface area contributed by atoms with Gasteiger partial charge in [0.25, 0.3) is 0 Å². The number of ether oxygens (including phenoxy) is 2. The van der Waals surface area contributed by atoms with E-state index in [0.717, 1.165) is 0 Å². The molecule has 1 unspecified atom stereocenters. The van der Waals surface area contributed by atoms with E-state index in [1.54, 1.807) is 51.1 Å². The molecule has 1 aromatic carbocycles. The van der Waals surface area contributed by atoms with Crippen molar-refractivity contribution in [3.63, 3.8) is 0 Å². The zero-order chi connectivity index (χ0) is 36.8. The monoisotopic (exact) mass is 698 g/mol. The van der Waals surface area contributed by atoms with E-state index in [4.69, 9.17) is 9.47 Å². The number of nitrogens with one attached hydrogen (secondary N) is 3. The van der Waals surface area contributed by atoms with Crippen molar-refractivity contribution in [1.29, 1.82) is 0 Å². The van der Waals surface area contributed by atoms with E-state index in [2.05, 4.69) is 16.0 Å². The molecule has 4 amide bonds. The Morgan fingerprint density at radius 3 is 2.36 bits per heavy atom. The zero-order valence-electron chi connectivity index (χ0n) is 29.9. The van der Waals surface area contributed by atoms with Crippen LogP contribution in [0.25, 0.3) is 0 Å². The van der Waals surface area contributed by atoms with Gasteiger partial charge < -0.3 is 35.4 Å². The van der Waals surface area contributed by atoms with Crippen molar-refractivity contribution in [2.45, 2.75) is 128 Å². The summed E-state index contributed by atoms with van der Waals surface area (Å²) in [6.45, 7) is 9.50. The molecule has 0 saturated carbocycles. The minimum atomic E-state index is -1.60. The van der Waals surface area contributed by atoms with Gasteiger partial charge in [-0.25, -0.2) is 9.59 Å². The number of carbonyl (C=O) groups is 6. The van der Waals surface area contributed by atoms with Gasteiger partial charge >= 0.3 is 12.1 Å². The highest BCUT2D eigenvalue weighted by molar-refractivity contribution is 5.93. The molecular formula is C37H54N4O9. The average Bonchev–Trinajstić information content (AvgIpc) is 3.56. The number of nitrogens with zero attached hydrogens (tertiary/aromatic N) is 1. The van der Waals surface area contributed by atoms with Gasteiger partial charge in [-0.15, -0.1) is 0 Å². The highest BCUT2D eigenvalue weighted by Gasteiger charge is 2.39. The number of esters is 1. The molecule has 13 heteroatoms. The first-order valence-corrected chi connectivity index (χ1v) is 17.6. The van der Waals surface area contributed by atoms with Crippen LogP contribution in [0.3, 0.4) is 0 Å². The number of aliphatic hydroxyl groups excluding tert-OH is 1. The SMILES string of the molecule is CC(C)COC(=O)N[C@H]1CC/C=C\CCC[C@@H](C(O)C(=O)CCC(=O)N[C@H](C(=O)OC(C)(C)C)c2ccccc2)NC(=O)[C@@H]2CCCN2C1=O. The second-order valence-electron chi connectivity index (χ2n) is 14.3. The molecule has 1 saturated heterocycles. The first-order chi connectivity index (χ1) is 23.7. The van der Waals surface area contributed by atoms with Gasteiger partial charge in [0.2, 0.25) is 17.7 Å². The smallest absolute Gasteiger partial charge is 0.407 e. The van der Waals surface area contributed by atoms with E-state index in [-0.39, 0.29) is 31.8 Å². The number of allylic oxidation sites excluding steroid dienone is 2. The van der Waals surface area contributed by atoms with Gasteiger partial charge in [-0.05, 0) is 77.2 Å². The van der Waals surface area contributed by atoms with E-state index >= 15 is 0 Å². The van der Waals surface area contributed by atoms with Crippen molar-refractivity contribution in [2.24, 2.45) is 5.92 Å². The fourth-order valence-corrected chi connectivity index (χ4v) is 5.86. The third-order valence-electron chi connectivity index (χ3n) is 8.37. The van der Waals surface area contributed by atoms with Crippen molar-refractivity contribution in [3.8, 4) is 0 Å². The Labute approximate surface area is 294 Å². The number of amides is 4. The van der Waals surface area contributed by atoms with E-state index in [9.17, 15) is 33.9 Å². The maximum Gasteiger partial charge on any atom is 0.407 e. The van der Waals surface area contributed by atoms with E-state index in [1.807, 2.05) is 26.0 Å².